The number of hydrogen-bond donors (Lipinski definition) is 1. The van der Waals surface area contributed by atoms with Crippen molar-refractivity contribution in [2.24, 2.45) is 17.0 Å². The average molecular weight is 493 g/mol. The quantitative estimate of drug-likeness (QED) is 0.492. The van der Waals surface area contributed by atoms with E-state index in [1.807, 2.05) is 28.8 Å². The van der Waals surface area contributed by atoms with E-state index in [-0.39, 0.29) is 11.7 Å². The van der Waals surface area contributed by atoms with Crippen LogP contribution in [0.2, 0.25) is 0 Å². The zero-order valence-corrected chi connectivity index (χ0v) is 21.0. The second-order valence-electron chi connectivity index (χ2n) is 11.4. The lowest BCUT2D eigenvalue weighted by Crippen LogP contribution is -2.52. The lowest BCUT2D eigenvalue weighted by Gasteiger charge is -2.48. The molecule has 192 valence electrons. The topological polar surface area (TPSA) is 97.0 Å². The number of hydrogen-bond acceptors (Lipinski definition) is 6. The molecule has 1 aromatic heterocycles. The third-order valence-electron chi connectivity index (χ3n) is 9.31. The van der Waals surface area contributed by atoms with Crippen molar-refractivity contribution in [1.29, 1.82) is 0 Å². The highest BCUT2D eigenvalue weighted by Gasteiger charge is 2.47. The molecule has 0 spiro atoms. The minimum atomic E-state index is -1.32. The van der Waals surface area contributed by atoms with Gasteiger partial charge in [-0.1, -0.05) is 43.0 Å². The lowest BCUT2D eigenvalue weighted by atomic mass is 9.76. The Labute approximate surface area is 211 Å². The van der Waals surface area contributed by atoms with E-state index in [9.17, 15) is 14.7 Å². The van der Waals surface area contributed by atoms with Crippen molar-refractivity contribution >= 4 is 22.7 Å². The maximum Gasteiger partial charge on any atom is 0.360 e. The first-order valence-corrected chi connectivity index (χ1v) is 13.7. The zero-order chi connectivity index (χ0) is 24.8. The number of piperidine rings is 1. The number of carboxylic acid groups (broad SMARTS) is 1. The van der Waals surface area contributed by atoms with Crippen molar-refractivity contribution in [3.05, 3.63) is 40.3 Å². The largest absolute Gasteiger partial charge is 0.476 e. The molecule has 8 nitrogen and oxygen atoms in total. The summed E-state index contributed by atoms with van der Waals surface area (Å²) in [5.74, 6) is 0.450. The van der Waals surface area contributed by atoms with Crippen LogP contribution in [0.4, 0.5) is 0 Å². The molecule has 4 bridgehead atoms. The standard InChI is InChI=1S/C28H36N4O4/c1-36-30-26(28(34)35)25-27(33)32(24-9-5-4-8-23(24)29-25)22-15-19-10-11-20(16-22)31(19)21-13-17-6-2-3-7-18(12-17)14-21/h4-5,8-9,17-22H,2-3,6-7,10-16H2,1H3,(H,34,35)/b30-26-/t17?,18?,19-,20?,21?,22?/m0/s1. The van der Waals surface area contributed by atoms with Crippen LogP contribution in [0, 0.1) is 11.8 Å². The molecule has 36 heavy (non-hydrogen) atoms. The van der Waals surface area contributed by atoms with E-state index in [1.165, 1.54) is 64.9 Å². The van der Waals surface area contributed by atoms with Gasteiger partial charge in [0.1, 0.15) is 7.11 Å². The molecule has 6 rings (SSSR count). The molecule has 5 atom stereocenters. The highest BCUT2D eigenvalue weighted by Crippen LogP contribution is 2.47. The number of oxime groups is 1. The van der Waals surface area contributed by atoms with Crippen LogP contribution in [-0.4, -0.2) is 56.5 Å². The molecule has 4 aliphatic rings. The van der Waals surface area contributed by atoms with Crippen LogP contribution in [-0.2, 0) is 9.63 Å². The molecule has 0 amide bonds. The molecule has 8 heteroatoms. The van der Waals surface area contributed by atoms with Crippen LogP contribution in [0.5, 0.6) is 0 Å². The van der Waals surface area contributed by atoms with Crippen molar-refractivity contribution in [1.82, 2.24) is 14.5 Å². The minimum absolute atomic E-state index is 0.0151. The molecule has 2 aliphatic heterocycles. The lowest BCUT2D eigenvalue weighted by molar-refractivity contribution is -0.129. The first-order valence-electron chi connectivity index (χ1n) is 13.7. The van der Waals surface area contributed by atoms with Crippen LogP contribution in [0.3, 0.4) is 0 Å². The van der Waals surface area contributed by atoms with Crippen LogP contribution in [0.25, 0.3) is 11.0 Å². The number of aromatic nitrogens is 2. The summed E-state index contributed by atoms with van der Waals surface area (Å²) in [7, 11) is 1.28. The van der Waals surface area contributed by atoms with Gasteiger partial charge in [0, 0.05) is 24.2 Å². The van der Waals surface area contributed by atoms with Crippen LogP contribution >= 0.6 is 0 Å². The summed E-state index contributed by atoms with van der Waals surface area (Å²) in [6.07, 6.45) is 13.9. The smallest absolute Gasteiger partial charge is 0.360 e. The third kappa shape index (κ3) is 4.13. The zero-order valence-electron chi connectivity index (χ0n) is 21.0. The van der Waals surface area contributed by atoms with Crippen molar-refractivity contribution in [2.75, 3.05) is 7.11 Å². The van der Waals surface area contributed by atoms with Crippen molar-refractivity contribution in [3.8, 4) is 0 Å². The first-order chi connectivity index (χ1) is 17.5. The third-order valence-corrected chi connectivity index (χ3v) is 9.31. The summed E-state index contributed by atoms with van der Waals surface area (Å²) >= 11 is 0. The maximum atomic E-state index is 13.8. The highest BCUT2D eigenvalue weighted by molar-refractivity contribution is 6.41. The Morgan fingerprint density at radius 1 is 0.944 bits per heavy atom. The van der Waals surface area contributed by atoms with Crippen molar-refractivity contribution in [3.63, 3.8) is 0 Å². The number of aliphatic carboxylic acids is 1. The Balaban J connectivity index is 1.34. The Kier molecular flexibility index (Phi) is 6.32. The average Bonchev–Trinajstić information content (AvgIpc) is 3.02. The predicted octanol–water partition coefficient (Wildman–Crippen LogP) is 4.36. The number of para-hydroxylation sites is 2. The molecule has 2 saturated heterocycles. The Hall–Kier alpha value is -2.74. The van der Waals surface area contributed by atoms with Crippen LogP contribution < -0.4 is 5.56 Å². The summed E-state index contributed by atoms with van der Waals surface area (Å²) in [5.41, 5.74) is 0.355. The first kappa shape index (κ1) is 23.6. The Morgan fingerprint density at radius 2 is 1.61 bits per heavy atom. The molecule has 4 unspecified atom stereocenters. The summed E-state index contributed by atoms with van der Waals surface area (Å²) in [6.45, 7) is 0. The van der Waals surface area contributed by atoms with E-state index in [0.717, 1.165) is 30.2 Å². The van der Waals surface area contributed by atoms with Gasteiger partial charge in [0.25, 0.3) is 5.56 Å². The van der Waals surface area contributed by atoms with E-state index in [2.05, 4.69) is 15.0 Å². The Morgan fingerprint density at radius 3 is 2.25 bits per heavy atom. The van der Waals surface area contributed by atoms with Crippen LogP contribution in [0.15, 0.2) is 34.2 Å². The molecule has 4 fully saturated rings. The molecular formula is C28H36N4O4. The minimum Gasteiger partial charge on any atom is -0.476 e. The van der Waals surface area contributed by atoms with Gasteiger partial charge < -0.3 is 14.5 Å². The summed E-state index contributed by atoms with van der Waals surface area (Å²) in [6, 6.07) is 9.17. The molecule has 2 aromatic rings. The highest BCUT2D eigenvalue weighted by atomic mass is 16.6. The number of nitrogens with zero attached hydrogens (tertiary/aromatic N) is 4. The monoisotopic (exact) mass is 492 g/mol. The molecule has 1 aromatic carbocycles. The fraction of sp³-hybridized carbons (Fsp3) is 0.643. The number of carbonyl (C=O) groups is 1. The van der Waals surface area contributed by atoms with Gasteiger partial charge in [-0.25, -0.2) is 9.78 Å². The second kappa shape index (κ2) is 9.61. The van der Waals surface area contributed by atoms with Gasteiger partial charge in [-0.15, -0.1) is 0 Å². The second-order valence-corrected chi connectivity index (χ2v) is 11.4. The molecular weight excluding hydrogens is 456 g/mol. The molecule has 2 saturated carbocycles. The molecule has 2 aliphatic carbocycles. The normalized spacial score (nSPS) is 32.9. The SMILES string of the molecule is CO/N=C(\C(=O)O)c1nc2ccccc2n(C2CC3CC[C@@H](C2)N3C2CC3CCCCC(C3)C2)c1=O. The van der Waals surface area contributed by atoms with Gasteiger partial charge in [0.2, 0.25) is 5.71 Å². The summed E-state index contributed by atoms with van der Waals surface area (Å²) in [4.78, 5) is 37.7. The number of carboxylic acids is 1. The van der Waals surface area contributed by atoms with E-state index < -0.39 is 17.2 Å². The molecule has 0 radical (unpaired) electrons. The van der Waals surface area contributed by atoms with Gasteiger partial charge in [-0.3, -0.25) is 9.69 Å². The van der Waals surface area contributed by atoms with E-state index >= 15 is 0 Å². The van der Waals surface area contributed by atoms with Crippen molar-refractivity contribution in [2.45, 2.75) is 94.8 Å². The van der Waals surface area contributed by atoms with Crippen molar-refractivity contribution < 1.29 is 14.7 Å². The van der Waals surface area contributed by atoms with E-state index in [0.29, 0.717) is 23.6 Å². The van der Waals surface area contributed by atoms with Gasteiger partial charge >= 0.3 is 5.97 Å². The molecule has 3 heterocycles. The number of rotatable bonds is 5. The van der Waals surface area contributed by atoms with Gasteiger partial charge in [-0.2, -0.15) is 0 Å². The van der Waals surface area contributed by atoms with E-state index in [4.69, 9.17) is 4.84 Å². The predicted molar refractivity (Wildman–Crippen MR) is 137 cm³/mol. The Bertz CT molecular complexity index is 1210. The summed E-state index contributed by atoms with van der Waals surface area (Å²) in [5, 5.41) is 13.3. The number of fused-ring (bicyclic) bond motifs is 5. The van der Waals surface area contributed by atoms with Gasteiger partial charge in [-0.05, 0) is 68.9 Å². The van der Waals surface area contributed by atoms with E-state index in [1.54, 1.807) is 0 Å². The van der Waals surface area contributed by atoms with Gasteiger partial charge in [0.05, 0.1) is 11.0 Å². The maximum absolute atomic E-state index is 13.8. The fourth-order valence-electron chi connectivity index (χ4n) is 8.05. The fourth-order valence-corrected chi connectivity index (χ4v) is 8.05. The number of benzene rings is 1. The van der Waals surface area contributed by atoms with Gasteiger partial charge in [0.15, 0.2) is 5.69 Å². The summed E-state index contributed by atoms with van der Waals surface area (Å²) < 4.78 is 1.81. The van der Waals surface area contributed by atoms with Crippen LogP contribution in [0.1, 0.15) is 82.4 Å². The molecule has 1 N–H and O–H groups in total.